The number of carbonyl (C=O) groups is 1. The Morgan fingerprint density at radius 3 is 2.17 bits per heavy atom. The normalized spacial score (nSPS) is 16.8. The van der Waals surface area contributed by atoms with Gasteiger partial charge in [-0.25, -0.2) is 0 Å². The van der Waals surface area contributed by atoms with Gasteiger partial charge in [-0.1, -0.05) is 27.7 Å². The van der Waals surface area contributed by atoms with Gasteiger partial charge in [0.1, 0.15) is 0 Å². The van der Waals surface area contributed by atoms with Crippen LogP contribution in [0.3, 0.4) is 0 Å². The summed E-state index contributed by atoms with van der Waals surface area (Å²) in [7, 11) is 0. The first-order valence-electron chi connectivity index (χ1n) is 4.57. The highest BCUT2D eigenvalue weighted by atomic mass is 16.1. The summed E-state index contributed by atoms with van der Waals surface area (Å²) >= 11 is 0. The van der Waals surface area contributed by atoms with Crippen molar-refractivity contribution < 1.29 is 4.79 Å². The molecule has 0 spiro atoms. The van der Waals surface area contributed by atoms with Gasteiger partial charge in [0.05, 0.1) is 0 Å². The van der Waals surface area contributed by atoms with Crippen molar-refractivity contribution in [3.8, 4) is 0 Å². The Morgan fingerprint density at radius 1 is 1.33 bits per heavy atom. The zero-order valence-corrected chi connectivity index (χ0v) is 8.85. The molecule has 0 radical (unpaired) electrons. The van der Waals surface area contributed by atoms with Crippen molar-refractivity contribution >= 4 is 6.41 Å². The zero-order valence-electron chi connectivity index (χ0n) is 8.85. The lowest BCUT2D eigenvalue weighted by Gasteiger charge is -2.29. The van der Waals surface area contributed by atoms with E-state index < -0.39 is 0 Å². The lowest BCUT2D eigenvalue weighted by molar-refractivity contribution is -0.110. The van der Waals surface area contributed by atoms with Gasteiger partial charge >= 0.3 is 0 Å². The molecule has 2 atom stereocenters. The van der Waals surface area contributed by atoms with Crippen LogP contribution in [0.15, 0.2) is 0 Å². The van der Waals surface area contributed by atoms with Crippen LogP contribution in [0.1, 0.15) is 41.0 Å². The van der Waals surface area contributed by atoms with Crippen LogP contribution in [0, 0.1) is 11.3 Å². The van der Waals surface area contributed by atoms with E-state index in [0.29, 0.717) is 11.3 Å². The predicted molar refractivity (Wildman–Crippen MR) is 51.9 cm³/mol. The van der Waals surface area contributed by atoms with E-state index in [-0.39, 0.29) is 6.04 Å². The molecule has 0 aliphatic carbocycles. The average Bonchev–Trinajstić information content (AvgIpc) is 1.85. The molecular weight excluding hydrogens is 150 g/mol. The predicted octanol–water partition coefficient (Wildman–Crippen LogP) is 2.19. The van der Waals surface area contributed by atoms with Crippen molar-refractivity contribution in [2.45, 2.75) is 47.1 Å². The molecule has 0 aromatic carbocycles. The summed E-state index contributed by atoms with van der Waals surface area (Å²) in [6.45, 7) is 10.9. The van der Waals surface area contributed by atoms with E-state index in [2.05, 4.69) is 33.0 Å². The standard InChI is InChI=1S/C10H21NO/c1-8(10(3,4)5)6-9(2)11-7-12/h7-9H,6H2,1-5H3,(H,11,12). The molecule has 0 bridgehead atoms. The van der Waals surface area contributed by atoms with Gasteiger partial charge in [-0.2, -0.15) is 0 Å². The van der Waals surface area contributed by atoms with Gasteiger partial charge in [-0.15, -0.1) is 0 Å². The first-order valence-corrected chi connectivity index (χ1v) is 4.57. The number of hydrogen-bond acceptors (Lipinski definition) is 1. The Bertz CT molecular complexity index is 137. The van der Waals surface area contributed by atoms with Crippen molar-refractivity contribution in [3.63, 3.8) is 0 Å². The van der Waals surface area contributed by atoms with Crippen LogP contribution in [0.25, 0.3) is 0 Å². The first-order chi connectivity index (χ1) is 5.38. The van der Waals surface area contributed by atoms with E-state index in [1.165, 1.54) is 0 Å². The molecule has 12 heavy (non-hydrogen) atoms. The van der Waals surface area contributed by atoms with E-state index >= 15 is 0 Å². The second kappa shape index (κ2) is 4.48. The minimum atomic E-state index is 0.289. The van der Waals surface area contributed by atoms with Crippen LogP contribution in [0.2, 0.25) is 0 Å². The van der Waals surface area contributed by atoms with Crippen LogP contribution in [-0.4, -0.2) is 12.5 Å². The Kier molecular flexibility index (Phi) is 4.29. The quantitative estimate of drug-likeness (QED) is 0.645. The fourth-order valence-electron chi connectivity index (χ4n) is 1.07. The number of carbonyl (C=O) groups excluding carboxylic acids is 1. The zero-order chi connectivity index (χ0) is 9.78. The second-order valence-corrected chi connectivity index (χ2v) is 4.69. The lowest BCUT2D eigenvalue weighted by atomic mass is 9.79. The summed E-state index contributed by atoms with van der Waals surface area (Å²) in [5, 5.41) is 2.77. The third-order valence-corrected chi connectivity index (χ3v) is 2.54. The molecule has 0 rings (SSSR count). The van der Waals surface area contributed by atoms with Crippen LogP contribution in [0.5, 0.6) is 0 Å². The van der Waals surface area contributed by atoms with E-state index in [1.54, 1.807) is 0 Å². The van der Waals surface area contributed by atoms with Crippen molar-refractivity contribution in [2.75, 3.05) is 0 Å². The molecule has 0 fully saturated rings. The summed E-state index contributed by atoms with van der Waals surface area (Å²) in [6, 6.07) is 0.289. The Labute approximate surface area is 75.7 Å². The highest BCUT2D eigenvalue weighted by molar-refractivity contribution is 5.46. The van der Waals surface area contributed by atoms with Gasteiger partial charge in [-0.3, -0.25) is 4.79 Å². The Morgan fingerprint density at radius 2 is 1.83 bits per heavy atom. The third kappa shape index (κ3) is 4.37. The number of hydrogen-bond donors (Lipinski definition) is 1. The summed E-state index contributed by atoms with van der Waals surface area (Å²) in [5.74, 6) is 0.625. The Hall–Kier alpha value is -0.530. The molecular formula is C10H21NO. The first kappa shape index (κ1) is 11.5. The van der Waals surface area contributed by atoms with Gasteiger partial charge in [0.15, 0.2) is 0 Å². The highest BCUT2D eigenvalue weighted by Gasteiger charge is 2.21. The highest BCUT2D eigenvalue weighted by Crippen LogP contribution is 2.28. The van der Waals surface area contributed by atoms with E-state index in [9.17, 15) is 4.79 Å². The van der Waals surface area contributed by atoms with Gasteiger partial charge in [0.25, 0.3) is 0 Å². The van der Waals surface area contributed by atoms with Crippen molar-refractivity contribution in [1.82, 2.24) is 5.32 Å². The van der Waals surface area contributed by atoms with Crippen molar-refractivity contribution in [1.29, 1.82) is 0 Å². The number of nitrogens with one attached hydrogen (secondary N) is 1. The topological polar surface area (TPSA) is 29.1 Å². The molecule has 0 aromatic heterocycles. The summed E-state index contributed by atoms with van der Waals surface area (Å²) in [6.07, 6.45) is 1.82. The molecule has 1 amide bonds. The van der Waals surface area contributed by atoms with Crippen LogP contribution in [0.4, 0.5) is 0 Å². The van der Waals surface area contributed by atoms with Gasteiger partial charge < -0.3 is 5.32 Å². The average molecular weight is 171 g/mol. The SMILES string of the molecule is CC(CC(C)C(C)(C)C)NC=O. The molecule has 2 nitrogen and oxygen atoms in total. The van der Waals surface area contributed by atoms with Gasteiger partial charge in [-0.05, 0) is 24.7 Å². The Balaban J connectivity index is 3.83. The summed E-state index contributed by atoms with van der Waals surface area (Å²) in [4.78, 5) is 10.1. The molecule has 72 valence electrons. The molecule has 0 heterocycles. The van der Waals surface area contributed by atoms with Crippen LogP contribution < -0.4 is 5.32 Å². The molecule has 0 aliphatic heterocycles. The molecule has 0 aromatic rings. The van der Waals surface area contributed by atoms with Crippen LogP contribution >= 0.6 is 0 Å². The van der Waals surface area contributed by atoms with Gasteiger partial charge in [0, 0.05) is 6.04 Å². The monoisotopic (exact) mass is 171 g/mol. The van der Waals surface area contributed by atoms with Crippen molar-refractivity contribution in [3.05, 3.63) is 0 Å². The number of amides is 1. The fraction of sp³-hybridized carbons (Fsp3) is 0.900. The minimum Gasteiger partial charge on any atom is -0.356 e. The number of rotatable bonds is 4. The van der Waals surface area contributed by atoms with Crippen LogP contribution in [-0.2, 0) is 4.79 Å². The smallest absolute Gasteiger partial charge is 0.207 e. The van der Waals surface area contributed by atoms with Crippen molar-refractivity contribution in [2.24, 2.45) is 11.3 Å². The minimum absolute atomic E-state index is 0.289. The van der Waals surface area contributed by atoms with Gasteiger partial charge in [0.2, 0.25) is 6.41 Å². The molecule has 2 heteroatoms. The molecule has 1 N–H and O–H groups in total. The molecule has 2 unspecified atom stereocenters. The second-order valence-electron chi connectivity index (χ2n) is 4.69. The van der Waals surface area contributed by atoms with E-state index in [1.807, 2.05) is 6.92 Å². The molecule has 0 aliphatic rings. The maximum atomic E-state index is 10.1. The molecule has 0 saturated heterocycles. The maximum absolute atomic E-state index is 10.1. The summed E-state index contributed by atoms with van der Waals surface area (Å²) in [5.41, 5.74) is 0.332. The fourth-order valence-corrected chi connectivity index (χ4v) is 1.07. The third-order valence-electron chi connectivity index (χ3n) is 2.54. The maximum Gasteiger partial charge on any atom is 0.207 e. The lowest BCUT2D eigenvalue weighted by Crippen LogP contribution is -2.30. The summed E-state index contributed by atoms with van der Waals surface area (Å²) < 4.78 is 0. The molecule has 0 saturated carbocycles. The van der Waals surface area contributed by atoms with E-state index in [4.69, 9.17) is 0 Å². The van der Waals surface area contributed by atoms with E-state index in [0.717, 1.165) is 12.8 Å². The largest absolute Gasteiger partial charge is 0.356 e.